The summed E-state index contributed by atoms with van der Waals surface area (Å²) >= 11 is 0. The molecular weight excluding hydrogens is 160 g/mol. The fourth-order valence-electron chi connectivity index (χ4n) is 0.246. The van der Waals surface area contributed by atoms with Gasteiger partial charge in [-0.25, -0.2) is 0 Å². The van der Waals surface area contributed by atoms with Crippen molar-refractivity contribution in [3.05, 3.63) is 0 Å². The van der Waals surface area contributed by atoms with Crippen molar-refractivity contribution in [1.29, 1.82) is 0 Å². The molecule has 0 fully saturated rings. The molecule has 0 aromatic rings. The van der Waals surface area contributed by atoms with Crippen LogP contribution in [0.1, 0.15) is 13.8 Å². The largest absolute Gasteiger partial charge is 0.371 e. The number of ether oxygens (including phenoxy) is 2. The van der Waals surface area contributed by atoms with Crippen LogP contribution in [-0.2, 0) is 19.1 Å². The number of hydrogen-bond acceptors (Lipinski definition) is 4. The second kappa shape index (κ2) is 5.82. The summed E-state index contributed by atoms with van der Waals surface area (Å²) in [6, 6.07) is 0. The number of rotatable bonds is 0. The Morgan fingerprint density at radius 3 is 1.50 bits per heavy atom. The van der Waals surface area contributed by atoms with Crippen LogP contribution in [-0.4, -0.2) is 11.9 Å². The van der Waals surface area contributed by atoms with E-state index < -0.39 is 11.9 Å². The van der Waals surface area contributed by atoms with Crippen LogP contribution in [0.5, 0.6) is 0 Å². The topological polar surface area (TPSA) is 52.6 Å². The van der Waals surface area contributed by atoms with E-state index in [1.807, 2.05) is 12.2 Å². The van der Waals surface area contributed by atoms with Crippen molar-refractivity contribution in [3.8, 4) is 24.1 Å². The summed E-state index contributed by atoms with van der Waals surface area (Å²) in [5.74, 6) is 3.25. The van der Waals surface area contributed by atoms with E-state index in [0.717, 1.165) is 0 Å². The molecule has 0 N–H and O–H groups in total. The molecule has 0 aromatic heterocycles. The summed E-state index contributed by atoms with van der Waals surface area (Å²) in [5, 5.41) is 0. The maximum Gasteiger partial charge on any atom is 0.316 e. The lowest BCUT2D eigenvalue weighted by molar-refractivity contribution is -0.135. The van der Waals surface area contributed by atoms with Crippen LogP contribution in [0.4, 0.5) is 0 Å². The molecule has 62 valence electrons. The third-order valence-corrected chi connectivity index (χ3v) is 0.554. The minimum Gasteiger partial charge on any atom is -0.371 e. The molecule has 0 heterocycles. The van der Waals surface area contributed by atoms with Gasteiger partial charge in [-0.15, -0.1) is 0 Å². The number of esters is 2. The Kier molecular flexibility index (Phi) is 4.88. The molecule has 0 atom stereocenters. The predicted molar refractivity (Wildman–Crippen MR) is 39.1 cm³/mol. The second-order valence-electron chi connectivity index (χ2n) is 1.64. The maximum absolute atomic E-state index is 10.1. The van der Waals surface area contributed by atoms with Crippen molar-refractivity contribution >= 4 is 11.9 Å². The maximum atomic E-state index is 10.1. The van der Waals surface area contributed by atoms with E-state index in [0.29, 0.717) is 0 Å². The lowest BCUT2D eigenvalue weighted by Crippen LogP contribution is -1.90. The van der Waals surface area contributed by atoms with Gasteiger partial charge in [0.15, 0.2) is 0 Å². The Bertz CT molecular complexity index is 262. The Morgan fingerprint density at radius 2 is 1.25 bits per heavy atom. The summed E-state index contributed by atoms with van der Waals surface area (Å²) in [4.78, 5) is 20.3. The van der Waals surface area contributed by atoms with E-state index in [2.05, 4.69) is 21.3 Å². The molecule has 0 amide bonds. The van der Waals surface area contributed by atoms with Crippen LogP contribution in [0.2, 0.25) is 0 Å². The average Bonchev–Trinajstić information content (AvgIpc) is 1.95. The molecule has 0 unspecified atom stereocenters. The zero-order chi connectivity index (χ0) is 9.40. The first-order valence-electron chi connectivity index (χ1n) is 2.97. The average molecular weight is 166 g/mol. The van der Waals surface area contributed by atoms with Crippen molar-refractivity contribution in [1.82, 2.24) is 0 Å². The van der Waals surface area contributed by atoms with Gasteiger partial charge >= 0.3 is 11.9 Å². The summed E-state index contributed by atoms with van der Waals surface area (Å²) in [7, 11) is 0. The van der Waals surface area contributed by atoms with Gasteiger partial charge in [0.05, 0.1) is 0 Å². The first-order chi connectivity index (χ1) is 5.63. The number of hydrogen-bond donors (Lipinski definition) is 0. The van der Waals surface area contributed by atoms with Crippen LogP contribution in [0.25, 0.3) is 0 Å². The Labute approximate surface area is 69.8 Å². The van der Waals surface area contributed by atoms with E-state index in [1.165, 1.54) is 13.8 Å². The summed E-state index contributed by atoms with van der Waals surface area (Å²) in [6.07, 6.45) is 3.99. The van der Waals surface area contributed by atoms with Crippen molar-refractivity contribution in [3.63, 3.8) is 0 Å². The van der Waals surface area contributed by atoms with Gasteiger partial charge in [-0.2, -0.15) is 0 Å². The third-order valence-electron chi connectivity index (χ3n) is 0.554. The fraction of sp³-hybridized carbons (Fsp3) is 0.250. The van der Waals surface area contributed by atoms with Gasteiger partial charge in [-0.05, 0) is 0 Å². The molecule has 0 saturated heterocycles. The van der Waals surface area contributed by atoms with Crippen LogP contribution in [0, 0.1) is 24.1 Å². The predicted octanol–water partition coefficient (Wildman–Crippen LogP) is 0.0344. The minimum atomic E-state index is -0.517. The Morgan fingerprint density at radius 1 is 0.917 bits per heavy atom. The van der Waals surface area contributed by atoms with Crippen LogP contribution < -0.4 is 0 Å². The molecule has 0 aromatic carbocycles. The molecular formula is C8H6O4. The molecule has 0 spiro atoms. The second-order valence-corrected chi connectivity index (χ2v) is 1.64. The Balaban J connectivity index is 3.74. The SMILES string of the molecule is CC(=O)OC#CC#COC(C)=O. The van der Waals surface area contributed by atoms with E-state index in [1.54, 1.807) is 0 Å². The highest BCUT2D eigenvalue weighted by Crippen LogP contribution is 1.70. The molecule has 0 rings (SSSR count). The zero-order valence-electron chi connectivity index (χ0n) is 6.63. The molecule has 4 heteroatoms. The van der Waals surface area contributed by atoms with Crippen LogP contribution >= 0.6 is 0 Å². The van der Waals surface area contributed by atoms with Gasteiger partial charge in [-0.3, -0.25) is 9.59 Å². The van der Waals surface area contributed by atoms with E-state index in [-0.39, 0.29) is 0 Å². The van der Waals surface area contributed by atoms with Gasteiger partial charge in [-0.1, -0.05) is 0 Å². The third kappa shape index (κ3) is 8.06. The molecule has 0 aliphatic carbocycles. The van der Waals surface area contributed by atoms with Gasteiger partial charge in [0, 0.05) is 25.7 Å². The van der Waals surface area contributed by atoms with Gasteiger partial charge in [0.1, 0.15) is 12.2 Å². The smallest absolute Gasteiger partial charge is 0.316 e. The lowest BCUT2D eigenvalue weighted by atomic mass is 10.7. The first kappa shape index (κ1) is 10.1. The van der Waals surface area contributed by atoms with Crippen molar-refractivity contribution in [2.45, 2.75) is 13.8 Å². The summed E-state index contributed by atoms with van der Waals surface area (Å²) in [6.45, 7) is 2.43. The molecule has 0 saturated carbocycles. The highest BCUT2D eigenvalue weighted by Gasteiger charge is 1.83. The monoisotopic (exact) mass is 166 g/mol. The Hall–Kier alpha value is -1.94. The molecule has 4 nitrogen and oxygen atoms in total. The molecule has 0 radical (unpaired) electrons. The van der Waals surface area contributed by atoms with Gasteiger partial charge in [0.25, 0.3) is 0 Å². The molecule has 12 heavy (non-hydrogen) atoms. The summed E-state index contributed by atoms with van der Waals surface area (Å²) in [5.41, 5.74) is 0. The number of carbonyl (C=O) groups is 2. The zero-order valence-corrected chi connectivity index (χ0v) is 6.63. The minimum absolute atomic E-state index is 0.517. The molecule has 0 aliphatic rings. The number of carbonyl (C=O) groups excluding carboxylic acids is 2. The first-order valence-corrected chi connectivity index (χ1v) is 2.97. The lowest BCUT2D eigenvalue weighted by Gasteiger charge is -1.81. The highest BCUT2D eigenvalue weighted by atomic mass is 16.5. The van der Waals surface area contributed by atoms with E-state index in [9.17, 15) is 9.59 Å². The van der Waals surface area contributed by atoms with Crippen LogP contribution in [0.3, 0.4) is 0 Å². The molecule has 0 bridgehead atoms. The fourth-order valence-corrected chi connectivity index (χ4v) is 0.246. The van der Waals surface area contributed by atoms with Crippen molar-refractivity contribution in [2.24, 2.45) is 0 Å². The van der Waals surface area contributed by atoms with Crippen molar-refractivity contribution < 1.29 is 19.1 Å². The molecule has 0 aliphatic heterocycles. The van der Waals surface area contributed by atoms with E-state index in [4.69, 9.17) is 0 Å². The van der Waals surface area contributed by atoms with Gasteiger partial charge in [0.2, 0.25) is 0 Å². The quantitative estimate of drug-likeness (QED) is 0.376. The van der Waals surface area contributed by atoms with Gasteiger partial charge < -0.3 is 9.47 Å². The van der Waals surface area contributed by atoms with Crippen molar-refractivity contribution in [2.75, 3.05) is 0 Å². The summed E-state index contributed by atoms with van der Waals surface area (Å²) < 4.78 is 8.41. The normalized spacial score (nSPS) is 6.50. The highest BCUT2D eigenvalue weighted by molar-refractivity contribution is 5.68. The standard InChI is InChI=1S/C8H6O4/c1-7(9)11-5-3-4-6-12-8(2)10/h1-2H3. The van der Waals surface area contributed by atoms with E-state index >= 15 is 0 Å². The van der Waals surface area contributed by atoms with Crippen LogP contribution in [0.15, 0.2) is 0 Å².